The number of rotatable bonds is 5. The Morgan fingerprint density at radius 1 is 1.27 bits per heavy atom. The Hall–Kier alpha value is -2.33. The lowest BCUT2D eigenvalue weighted by Crippen LogP contribution is -2.26. The molecule has 0 radical (unpaired) electrons. The van der Waals surface area contributed by atoms with Crippen molar-refractivity contribution in [1.29, 1.82) is 0 Å². The molecule has 0 saturated carbocycles. The summed E-state index contributed by atoms with van der Waals surface area (Å²) < 4.78 is 12.8. The van der Waals surface area contributed by atoms with Gasteiger partial charge in [-0.25, -0.2) is 9.97 Å². The van der Waals surface area contributed by atoms with E-state index < -0.39 is 5.95 Å². The number of nitrogens with zero attached hydrogens (tertiary/aromatic N) is 3. The Morgan fingerprint density at radius 3 is 2.73 bits per heavy atom. The van der Waals surface area contributed by atoms with Gasteiger partial charge in [0.1, 0.15) is 0 Å². The average Bonchev–Trinajstić information content (AvgIpc) is 2.53. The summed E-state index contributed by atoms with van der Waals surface area (Å²) in [4.78, 5) is 10.3. The van der Waals surface area contributed by atoms with Crippen molar-refractivity contribution < 1.29 is 4.39 Å². The van der Waals surface area contributed by atoms with Crippen molar-refractivity contribution in [3.05, 3.63) is 59.1 Å². The summed E-state index contributed by atoms with van der Waals surface area (Å²) in [6.07, 6.45) is 7.57. The van der Waals surface area contributed by atoms with Crippen LogP contribution in [-0.4, -0.2) is 35.0 Å². The molecular weight excluding hydrogens is 277 g/mol. The second-order valence-corrected chi connectivity index (χ2v) is 5.05. The van der Waals surface area contributed by atoms with Crippen LogP contribution in [0.2, 0.25) is 0 Å². The van der Waals surface area contributed by atoms with Gasteiger partial charge >= 0.3 is 0 Å². The van der Waals surface area contributed by atoms with E-state index in [1.807, 2.05) is 24.3 Å². The molecule has 2 aromatic rings. The van der Waals surface area contributed by atoms with Gasteiger partial charge in [0, 0.05) is 18.3 Å². The van der Waals surface area contributed by atoms with Gasteiger partial charge in [0.25, 0.3) is 0 Å². The highest BCUT2D eigenvalue weighted by Crippen LogP contribution is 2.12. The van der Waals surface area contributed by atoms with Crippen LogP contribution in [-0.2, 0) is 0 Å². The van der Waals surface area contributed by atoms with Crippen molar-refractivity contribution in [3.63, 3.8) is 0 Å². The van der Waals surface area contributed by atoms with Crippen molar-refractivity contribution in [2.75, 3.05) is 20.1 Å². The average molecular weight is 297 g/mol. The predicted molar refractivity (Wildman–Crippen MR) is 89.0 cm³/mol. The molecule has 0 amide bonds. The minimum atomic E-state index is -0.495. The van der Waals surface area contributed by atoms with Crippen molar-refractivity contribution in [2.24, 2.45) is 0 Å². The lowest BCUT2D eigenvalue weighted by Gasteiger charge is -2.08. The molecule has 0 aliphatic rings. The van der Waals surface area contributed by atoms with Crippen LogP contribution in [0.1, 0.15) is 6.92 Å². The predicted octanol–water partition coefficient (Wildman–Crippen LogP) is 1.98. The van der Waals surface area contributed by atoms with E-state index in [4.69, 9.17) is 0 Å². The largest absolute Gasteiger partial charge is 0.303 e. The van der Waals surface area contributed by atoms with Crippen LogP contribution in [0.15, 0.2) is 42.6 Å². The minimum absolute atomic E-state index is 0.495. The van der Waals surface area contributed by atoms with Crippen LogP contribution in [0.4, 0.5) is 4.39 Å². The van der Waals surface area contributed by atoms with Gasteiger partial charge in [-0.15, -0.1) is 0 Å². The smallest absolute Gasteiger partial charge is 0.212 e. The summed E-state index contributed by atoms with van der Waals surface area (Å²) in [6, 6.07) is 6.84. The van der Waals surface area contributed by atoms with Crippen LogP contribution >= 0.6 is 0 Å². The lowest BCUT2D eigenvalue weighted by atomic mass is 10.2. The Balaban J connectivity index is 2.19. The lowest BCUT2D eigenvalue weighted by molar-refractivity contribution is 0.392. The Labute approximate surface area is 130 Å². The van der Waals surface area contributed by atoms with Crippen LogP contribution < -0.4 is 10.6 Å². The number of allylic oxidation sites excluding steroid dienone is 1. The van der Waals surface area contributed by atoms with E-state index in [1.54, 1.807) is 6.07 Å². The Morgan fingerprint density at radius 2 is 2.09 bits per heavy atom. The first kappa shape index (κ1) is 16.0. The molecule has 0 atom stereocenters. The normalized spacial score (nSPS) is 12.5. The maximum absolute atomic E-state index is 12.8. The fraction of sp³-hybridized carbons (Fsp3) is 0.222. The van der Waals surface area contributed by atoms with Crippen molar-refractivity contribution in [1.82, 2.24) is 14.9 Å². The quantitative estimate of drug-likeness (QED) is 0.790. The number of likely N-dealkylation sites (N-methyl/N-ethyl adjacent to an activating group) is 1. The highest BCUT2D eigenvalue weighted by atomic mass is 19.1. The molecule has 0 aliphatic heterocycles. The zero-order chi connectivity index (χ0) is 15.9. The van der Waals surface area contributed by atoms with Crippen molar-refractivity contribution in [3.8, 4) is 11.3 Å². The molecule has 0 saturated heterocycles. The van der Waals surface area contributed by atoms with Crippen molar-refractivity contribution >= 4 is 12.7 Å². The van der Waals surface area contributed by atoms with Gasteiger partial charge in [-0.2, -0.15) is 4.39 Å². The maximum atomic E-state index is 12.8. The molecule has 0 unspecified atom stereocenters. The summed E-state index contributed by atoms with van der Waals surface area (Å²) in [5.74, 6) is -0.495. The standard InChI is InChI=1S/C18H20FN3/c1-4-22(3)12-6-5-7-15-8-10-17(21-14(15)2)16-9-11-18(19)20-13-16/h5-11,13H,2,4,12H2,1,3H3/b6-5-,15-7-. The van der Waals surface area contributed by atoms with E-state index in [1.165, 1.54) is 12.3 Å². The fourth-order valence-electron chi connectivity index (χ4n) is 1.89. The summed E-state index contributed by atoms with van der Waals surface area (Å²) in [5.41, 5.74) is 1.52. The van der Waals surface area contributed by atoms with Crippen molar-refractivity contribution in [2.45, 2.75) is 6.92 Å². The maximum Gasteiger partial charge on any atom is 0.212 e. The summed E-state index contributed by atoms with van der Waals surface area (Å²) in [7, 11) is 2.07. The van der Waals surface area contributed by atoms with Gasteiger partial charge in [-0.1, -0.05) is 37.8 Å². The molecule has 0 aliphatic carbocycles. The molecule has 4 heteroatoms. The minimum Gasteiger partial charge on any atom is -0.303 e. The summed E-state index contributed by atoms with van der Waals surface area (Å²) in [5, 5.41) is 1.66. The van der Waals surface area contributed by atoms with Gasteiger partial charge in [0.2, 0.25) is 5.95 Å². The second kappa shape index (κ2) is 7.61. The molecule has 114 valence electrons. The first-order valence-electron chi connectivity index (χ1n) is 7.23. The highest BCUT2D eigenvalue weighted by Gasteiger charge is 2.00. The Bertz CT molecular complexity index is 751. The van der Waals surface area contributed by atoms with E-state index >= 15 is 0 Å². The molecule has 0 spiro atoms. The third-order valence-corrected chi connectivity index (χ3v) is 3.40. The molecule has 0 fully saturated rings. The number of hydrogen-bond donors (Lipinski definition) is 0. The van der Waals surface area contributed by atoms with Gasteiger partial charge in [-0.05, 0) is 37.0 Å². The number of halogens is 1. The number of aromatic nitrogens is 2. The number of hydrogen-bond acceptors (Lipinski definition) is 3. The summed E-state index contributed by atoms with van der Waals surface area (Å²) in [6.45, 7) is 8.03. The van der Waals surface area contributed by atoms with E-state index in [-0.39, 0.29) is 0 Å². The van der Waals surface area contributed by atoms with Crippen LogP contribution in [0.5, 0.6) is 0 Å². The van der Waals surface area contributed by atoms with Gasteiger partial charge in [-0.3, -0.25) is 0 Å². The fourth-order valence-corrected chi connectivity index (χ4v) is 1.89. The molecule has 2 rings (SSSR count). The first-order chi connectivity index (χ1) is 10.6. The third kappa shape index (κ3) is 4.33. The molecule has 2 heterocycles. The van der Waals surface area contributed by atoms with E-state index in [0.717, 1.165) is 29.6 Å². The topological polar surface area (TPSA) is 29.0 Å². The van der Waals surface area contributed by atoms with Gasteiger partial charge in [0.05, 0.1) is 11.0 Å². The summed E-state index contributed by atoms with van der Waals surface area (Å²) >= 11 is 0. The van der Waals surface area contributed by atoms with Crippen LogP contribution in [0.3, 0.4) is 0 Å². The molecule has 0 aromatic carbocycles. The zero-order valence-electron chi connectivity index (χ0n) is 13.0. The zero-order valence-corrected chi connectivity index (χ0v) is 13.0. The molecule has 2 aromatic heterocycles. The highest BCUT2D eigenvalue weighted by molar-refractivity contribution is 5.57. The SMILES string of the molecule is C=c1nc(-c2ccc(F)nc2)cc/c1=C/C=C\CN(C)CC. The van der Waals surface area contributed by atoms with Gasteiger partial charge < -0.3 is 4.90 Å². The van der Waals surface area contributed by atoms with Gasteiger partial charge in [0.15, 0.2) is 0 Å². The van der Waals surface area contributed by atoms with Crippen LogP contribution in [0.25, 0.3) is 23.9 Å². The molecule has 0 bridgehead atoms. The first-order valence-corrected chi connectivity index (χ1v) is 7.23. The molecule has 3 nitrogen and oxygen atoms in total. The number of pyridine rings is 2. The third-order valence-electron chi connectivity index (χ3n) is 3.40. The monoisotopic (exact) mass is 297 g/mol. The molecule has 0 N–H and O–H groups in total. The van der Waals surface area contributed by atoms with E-state index in [2.05, 4.69) is 41.5 Å². The second-order valence-electron chi connectivity index (χ2n) is 5.05. The molecule has 22 heavy (non-hydrogen) atoms. The van der Waals surface area contributed by atoms with E-state index in [9.17, 15) is 4.39 Å². The van der Waals surface area contributed by atoms with E-state index in [0.29, 0.717) is 5.35 Å². The molecular formula is C18H20FN3. The van der Waals surface area contributed by atoms with Crippen LogP contribution in [0, 0.1) is 5.95 Å². The Kier molecular flexibility index (Phi) is 5.55.